The van der Waals surface area contributed by atoms with Crippen LogP contribution in [0.3, 0.4) is 0 Å². The van der Waals surface area contributed by atoms with Crippen LogP contribution in [0.5, 0.6) is 0 Å². The van der Waals surface area contributed by atoms with Crippen molar-refractivity contribution in [1.82, 2.24) is 14.8 Å². The van der Waals surface area contributed by atoms with Crippen LogP contribution < -0.4 is 0 Å². The number of piperazine rings is 1. The highest BCUT2D eigenvalue weighted by molar-refractivity contribution is 5.86. The maximum atomic E-state index is 12.7. The van der Waals surface area contributed by atoms with E-state index in [1.165, 1.54) is 5.56 Å². The third-order valence-corrected chi connectivity index (χ3v) is 5.62. The third-order valence-electron chi connectivity index (χ3n) is 5.62. The van der Waals surface area contributed by atoms with E-state index in [-0.39, 0.29) is 17.7 Å². The number of hydrogen-bond donors (Lipinski definition) is 0. The molecule has 0 aromatic carbocycles. The zero-order valence-corrected chi connectivity index (χ0v) is 14.6. The number of amides is 1. The number of aromatic nitrogens is 1. The zero-order valence-electron chi connectivity index (χ0n) is 14.6. The van der Waals surface area contributed by atoms with Crippen LogP contribution in [-0.2, 0) is 9.59 Å². The summed E-state index contributed by atoms with van der Waals surface area (Å²) in [5.74, 6) is 0.650. The largest absolute Gasteiger partial charge is 0.340 e. The van der Waals surface area contributed by atoms with E-state index in [2.05, 4.69) is 22.9 Å². The van der Waals surface area contributed by atoms with E-state index < -0.39 is 0 Å². The summed E-state index contributed by atoms with van der Waals surface area (Å²) in [4.78, 5) is 33.0. The maximum Gasteiger partial charge on any atom is 0.225 e. The first-order valence-corrected chi connectivity index (χ1v) is 9.01. The lowest BCUT2D eigenvalue weighted by molar-refractivity contribution is -0.140. The zero-order chi connectivity index (χ0) is 17.1. The Morgan fingerprint density at radius 2 is 2.04 bits per heavy atom. The molecule has 3 atom stereocenters. The number of nitrogens with zero attached hydrogens (tertiary/aromatic N) is 3. The van der Waals surface area contributed by atoms with Crippen LogP contribution in [0, 0.1) is 11.8 Å². The molecule has 1 aromatic heterocycles. The lowest BCUT2D eigenvalue weighted by Crippen LogP contribution is -2.51. The molecule has 1 amide bonds. The lowest BCUT2D eigenvalue weighted by Gasteiger charge is -2.40. The molecule has 1 aliphatic carbocycles. The van der Waals surface area contributed by atoms with Crippen LogP contribution in [-0.4, -0.2) is 52.7 Å². The minimum absolute atomic E-state index is 0.0413. The molecule has 130 valence electrons. The molecule has 2 fully saturated rings. The number of carbonyl (C=O) groups excluding carboxylic acids is 2. The summed E-state index contributed by atoms with van der Waals surface area (Å²) >= 11 is 0. The van der Waals surface area contributed by atoms with Gasteiger partial charge in [-0.2, -0.15) is 0 Å². The number of ketones is 1. The van der Waals surface area contributed by atoms with Crippen LogP contribution in [0.15, 0.2) is 24.5 Å². The standard InChI is InChI=1S/C19H27N3O2/c1-14-12-16(5-6-18(14)23)19(24)22-10-8-21(9-11-22)15(2)17-4-3-7-20-13-17/h3-4,7,13-16H,5-6,8-12H2,1-2H3. The Balaban J connectivity index is 1.53. The highest BCUT2D eigenvalue weighted by atomic mass is 16.2. The predicted octanol–water partition coefficient (Wildman–Crippen LogP) is 2.29. The highest BCUT2D eigenvalue weighted by Gasteiger charge is 2.34. The van der Waals surface area contributed by atoms with E-state index in [4.69, 9.17) is 0 Å². The third kappa shape index (κ3) is 3.66. The summed E-state index contributed by atoms with van der Waals surface area (Å²) in [6, 6.07) is 4.40. The highest BCUT2D eigenvalue weighted by Crippen LogP contribution is 2.28. The van der Waals surface area contributed by atoms with Crippen molar-refractivity contribution in [1.29, 1.82) is 0 Å². The number of carbonyl (C=O) groups is 2. The van der Waals surface area contributed by atoms with Crippen LogP contribution in [0.4, 0.5) is 0 Å². The first-order chi connectivity index (χ1) is 11.6. The van der Waals surface area contributed by atoms with Crippen molar-refractivity contribution in [3.63, 3.8) is 0 Å². The fourth-order valence-corrected chi connectivity index (χ4v) is 3.88. The molecular formula is C19H27N3O2. The topological polar surface area (TPSA) is 53.5 Å². The van der Waals surface area contributed by atoms with Gasteiger partial charge in [0.25, 0.3) is 0 Å². The monoisotopic (exact) mass is 329 g/mol. The number of hydrogen-bond acceptors (Lipinski definition) is 4. The van der Waals surface area contributed by atoms with Gasteiger partial charge in [-0.25, -0.2) is 0 Å². The second kappa shape index (κ2) is 7.43. The first-order valence-electron chi connectivity index (χ1n) is 9.01. The average molecular weight is 329 g/mol. The second-order valence-corrected chi connectivity index (χ2v) is 7.16. The Hall–Kier alpha value is -1.75. The van der Waals surface area contributed by atoms with Gasteiger partial charge in [0, 0.05) is 62.9 Å². The second-order valence-electron chi connectivity index (χ2n) is 7.16. The molecule has 0 N–H and O–H groups in total. The van der Waals surface area contributed by atoms with Gasteiger partial charge in [-0.15, -0.1) is 0 Å². The molecule has 0 radical (unpaired) electrons. The molecule has 1 saturated heterocycles. The van der Waals surface area contributed by atoms with Gasteiger partial charge < -0.3 is 4.90 Å². The Morgan fingerprint density at radius 3 is 2.67 bits per heavy atom. The SMILES string of the molecule is CC1CC(C(=O)N2CCN(C(C)c3cccnc3)CC2)CCC1=O. The molecule has 2 heterocycles. The van der Waals surface area contributed by atoms with Crippen LogP contribution in [0.2, 0.25) is 0 Å². The van der Waals surface area contributed by atoms with E-state index in [1.54, 1.807) is 6.20 Å². The Morgan fingerprint density at radius 1 is 1.29 bits per heavy atom. The Kier molecular flexibility index (Phi) is 5.29. The molecule has 5 nitrogen and oxygen atoms in total. The van der Waals surface area contributed by atoms with Gasteiger partial charge in [-0.1, -0.05) is 13.0 Å². The normalized spacial score (nSPS) is 27.1. The molecule has 3 unspecified atom stereocenters. The van der Waals surface area contributed by atoms with Gasteiger partial charge in [0.15, 0.2) is 0 Å². The smallest absolute Gasteiger partial charge is 0.225 e. The van der Waals surface area contributed by atoms with E-state index in [0.29, 0.717) is 18.2 Å². The molecule has 5 heteroatoms. The van der Waals surface area contributed by atoms with Crippen molar-refractivity contribution >= 4 is 11.7 Å². The molecule has 3 rings (SSSR count). The molecule has 24 heavy (non-hydrogen) atoms. The number of rotatable bonds is 3. The van der Waals surface area contributed by atoms with Crippen molar-refractivity contribution in [3.8, 4) is 0 Å². The fourth-order valence-electron chi connectivity index (χ4n) is 3.88. The summed E-state index contributed by atoms with van der Waals surface area (Å²) in [6.45, 7) is 7.49. The summed E-state index contributed by atoms with van der Waals surface area (Å²) in [6.07, 6.45) is 5.74. The lowest BCUT2D eigenvalue weighted by atomic mass is 9.81. The van der Waals surface area contributed by atoms with Crippen molar-refractivity contribution in [3.05, 3.63) is 30.1 Å². The van der Waals surface area contributed by atoms with Gasteiger partial charge in [0.2, 0.25) is 5.91 Å². The maximum absolute atomic E-state index is 12.7. The van der Waals surface area contributed by atoms with Crippen molar-refractivity contribution in [2.75, 3.05) is 26.2 Å². The van der Waals surface area contributed by atoms with E-state index in [1.807, 2.05) is 24.1 Å². The predicted molar refractivity (Wildman–Crippen MR) is 92.3 cm³/mol. The summed E-state index contributed by atoms with van der Waals surface area (Å²) in [5.41, 5.74) is 1.22. The molecule has 0 bridgehead atoms. The summed E-state index contributed by atoms with van der Waals surface area (Å²) in [7, 11) is 0. The van der Waals surface area contributed by atoms with Crippen molar-refractivity contribution in [2.45, 2.75) is 39.2 Å². The first kappa shape index (κ1) is 17.1. The summed E-state index contributed by atoms with van der Waals surface area (Å²) < 4.78 is 0. The molecule has 1 aromatic rings. The van der Waals surface area contributed by atoms with Gasteiger partial charge in [0.05, 0.1) is 0 Å². The molecule has 0 spiro atoms. The van der Waals surface area contributed by atoms with E-state index >= 15 is 0 Å². The van der Waals surface area contributed by atoms with Crippen molar-refractivity contribution < 1.29 is 9.59 Å². The average Bonchev–Trinajstić information content (AvgIpc) is 2.63. The van der Waals surface area contributed by atoms with Crippen LogP contribution in [0.25, 0.3) is 0 Å². The van der Waals surface area contributed by atoms with E-state index in [0.717, 1.165) is 39.0 Å². The van der Waals surface area contributed by atoms with Gasteiger partial charge in [0.1, 0.15) is 5.78 Å². The molecule has 1 saturated carbocycles. The number of pyridine rings is 1. The van der Waals surface area contributed by atoms with Crippen molar-refractivity contribution in [2.24, 2.45) is 11.8 Å². The Labute approximate surface area is 144 Å². The minimum Gasteiger partial charge on any atom is -0.340 e. The number of Topliss-reactive ketones (excluding diaryl/α,β-unsaturated/α-hetero) is 1. The van der Waals surface area contributed by atoms with Gasteiger partial charge in [-0.3, -0.25) is 19.5 Å². The minimum atomic E-state index is 0.0413. The molecule has 2 aliphatic rings. The molecule has 1 aliphatic heterocycles. The Bertz CT molecular complexity index is 582. The van der Waals surface area contributed by atoms with Gasteiger partial charge >= 0.3 is 0 Å². The van der Waals surface area contributed by atoms with Crippen LogP contribution in [0.1, 0.15) is 44.7 Å². The summed E-state index contributed by atoms with van der Waals surface area (Å²) in [5, 5.41) is 0. The molecular weight excluding hydrogens is 302 g/mol. The van der Waals surface area contributed by atoms with E-state index in [9.17, 15) is 9.59 Å². The van der Waals surface area contributed by atoms with Crippen LogP contribution >= 0.6 is 0 Å². The quantitative estimate of drug-likeness (QED) is 0.854. The fraction of sp³-hybridized carbons (Fsp3) is 0.632. The van der Waals surface area contributed by atoms with Gasteiger partial charge in [-0.05, 0) is 31.4 Å².